The van der Waals surface area contributed by atoms with Crippen molar-refractivity contribution < 1.29 is 9.47 Å². The van der Waals surface area contributed by atoms with Gasteiger partial charge in [0.25, 0.3) is 0 Å². The van der Waals surface area contributed by atoms with Gasteiger partial charge in [-0.25, -0.2) is 4.99 Å². The molecule has 0 saturated carbocycles. The quantitative estimate of drug-likeness (QED) is 0.729. The van der Waals surface area contributed by atoms with E-state index in [2.05, 4.69) is 35.8 Å². The Morgan fingerprint density at radius 1 is 1.07 bits per heavy atom. The van der Waals surface area contributed by atoms with E-state index in [4.69, 9.17) is 19.9 Å². The third-order valence-electron chi connectivity index (χ3n) is 4.96. The maximum Gasteiger partial charge on any atom is 0.146 e. The summed E-state index contributed by atoms with van der Waals surface area (Å²) in [5, 5.41) is 8.30. The SMILES string of the molecule is CCOC1=C/C(=N\c2ccc(N(CC)CC)cc2)C(N2CCOCC2)=CC1=N. The van der Waals surface area contributed by atoms with E-state index < -0.39 is 0 Å². The first-order chi connectivity index (χ1) is 13.7. The lowest BCUT2D eigenvalue weighted by Crippen LogP contribution is -2.39. The Morgan fingerprint density at radius 2 is 1.75 bits per heavy atom. The summed E-state index contributed by atoms with van der Waals surface area (Å²) in [7, 11) is 0. The Morgan fingerprint density at radius 3 is 2.36 bits per heavy atom. The number of allylic oxidation sites excluding steroid dienone is 2. The van der Waals surface area contributed by atoms with Crippen molar-refractivity contribution >= 4 is 22.8 Å². The molecule has 1 aliphatic heterocycles. The van der Waals surface area contributed by atoms with E-state index in [1.54, 1.807) is 0 Å². The van der Waals surface area contributed by atoms with Gasteiger partial charge in [0.05, 0.1) is 42.6 Å². The van der Waals surface area contributed by atoms with Gasteiger partial charge < -0.3 is 19.3 Å². The van der Waals surface area contributed by atoms with Crippen LogP contribution in [0.15, 0.2) is 52.9 Å². The first-order valence-corrected chi connectivity index (χ1v) is 10.1. The summed E-state index contributed by atoms with van der Waals surface area (Å²) in [6.45, 7) is 11.7. The lowest BCUT2D eigenvalue weighted by Gasteiger charge is -2.32. The predicted octanol–water partition coefficient (Wildman–Crippen LogP) is 3.78. The number of benzene rings is 1. The second-order valence-electron chi connectivity index (χ2n) is 6.67. The zero-order valence-corrected chi connectivity index (χ0v) is 17.1. The molecule has 1 aromatic rings. The van der Waals surface area contributed by atoms with Gasteiger partial charge in [-0.3, -0.25) is 5.41 Å². The summed E-state index contributed by atoms with van der Waals surface area (Å²) in [4.78, 5) is 9.44. The van der Waals surface area contributed by atoms with E-state index in [9.17, 15) is 0 Å². The molecule has 1 fully saturated rings. The predicted molar refractivity (Wildman–Crippen MR) is 115 cm³/mol. The molecule has 2 aliphatic rings. The van der Waals surface area contributed by atoms with Gasteiger partial charge >= 0.3 is 0 Å². The van der Waals surface area contributed by atoms with E-state index in [1.165, 1.54) is 5.69 Å². The molecule has 0 unspecified atom stereocenters. The standard InChI is InChI=1S/C22H30N4O2/c1-4-25(5-2)18-9-7-17(8-10-18)24-20-16-22(28-6-3)19(23)15-21(20)26-11-13-27-14-12-26/h7-10,15-16,23H,4-6,11-14H2,1-3H3/b23-19?,24-20+. The lowest BCUT2D eigenvalue weighted by molar-refractivity contribution is 0.0565. The number of nitrogens with zero attached hydrogens (tertiary/aromatic N) is 3. The second-order valence-corrected chi connectivity index (χ2v) is 6.67. The Kier molecular flexibility index (Phi) is 6.87. The lowest BCUT2D eigenvalue weighted by atomic mass is 10.0. The van der Waals surface area contributed by atoms with Crippen molar-refractivity contribution in [2.24, 2.45) is 4.99 Å². The Labute approximate surface area is 167 Å². The van der Waals surface area contributed by atoms with Crippen LogP contribution in [0.2, 0.25) is 0 Å². The molecule has 0 bridgehead atoms. The first kappa shape index (κ1) is 20.1. The molecule has 1 aliphatic carbocycles. The molecule has 1 aromatic carbocycles. The van der Waals surface area contributed by atoms with E-state index in [1.807, 2.05) is 31.2 Å². The van der Waals surface area contributed by atoms with E-state index >= 15 is 0 Å². The minimum Gasteiger partial charge on any atom is -0.492 e. The van der Waals surface area contributed by atoms with Crippen LogP contribution in [-0.4, -0.2) is 62.3 Å². The number of hydrogen-bond donors (Lipinski definition) is 1. The van der Waals surface area contributed by atoms with Gasteiger partial charge in [0.2, 0.25) is 0 Å². The fourth-order valence-electron chi connectivity index (χ4n) is 3.45. The van der Waals surface area contributed by atoms with Crippen LogP contribution in [0.1, 0.15) is 20.8 Å². The Balaban J connectivity index is 1.91. The molecule has 0 spiro atoms. The van der Waals surface area contributed by atoms with Gasteiger partial charge in [-0.2, -0.15) is 0 Å². The fraction of sp³-hybridized carbons (Fsp3) is 0.455. The summed E-state index contributed by atoms with van der Waals surface area (Å²) in [6.07, 6.45) is 3.74. The van der Waals surface area contributed by atoms with Crippen LogP contribution in [0.5, 0.6) is 0 Å². The molecular formula is C22H30N4O2. The van der Waals surface area contributed by atoms with Gasteiger partial charge in [-0.1, -0.05) is 0 Å². The van der Waals surface area contributed by atoms with Gasteiger partial charge in [-0.15, -0.1) is 0 Å². The highest BCUT2D eigenvalue weighted by molar-refractivity contribution is 6.22. The molecule has 0 aromatic heterocycles. The average Bonchev–Trinajstić information content (AvgIpc) is 2.73. The smallest absolute Gasteiger partial charge is 0.146 e. The number of ether oxygens (including phenoxy) is 2. The van der Waals surface area contributed by atoms with E-state index in [-0.39, 0.29) is 0 Å². The number of aliphatic imine (C=N–C) groups is 1. The van der Waals surface area contributed by atoms with Crippen molar-refractivity contribution in [3.05, 3.63) is 47.9 Å². The molecule has 28 heavy (non-hydrogen) atoms. The van der Waals surface area contributed by atoms with Crippen molar-refractivity contribution in [2.45, 2.75) is 20.8 Å². The van der Waals surface area contributed by atoms with Crippen molar-refractivity contribution in [1.29, 1.82) is 5.41 Å². The molecule has 150 valence electrons. The van der Waals surface area contributed by atoms with Crippen LogP contribution in [0.25, 0.3) is 0 Å². The van der Waals surface area contributed by atoms with Crippen molar-refractivity contribution in [3.63, 3.8) is 0 Å². The summed E-state index contributed by atoms with van der Waals surface area (Å²) >= 11 is 0. The molecule has 0 radical (unpaired) electrons. The highest BCUT2D eigenvalue weighted by Gasteiger charge is 2.23. The first-order valence-electron chi connectivity index (χ1n) is 10.1. The Bertz CT molecular complexity index is 770. The molecule has 1 heterocycles. The highest BCUT2D eigenvalue weighted by atomic mass is 16.5. The third kappa shape index (κ3) is 4.62. The maximum absolute atomic E-state index is 8.30. The average molecular weight is 383 g/mol. The van der Waals surface area contributed by atoms with Gasteiger partial charge in [0.1, 0.15) is 5.76 Å². The van der Waals surface area contributed by atoms with Gasteiger partial charge in [0, 0.05) is 37.9 Å². The molecular weight excluding hydrogens is 352 g/mol. The van der Waals surface area contributed by atoms with Crippen LogP contribution in [-0.2, 0) is 9.47 Å². The van der Waals surface area contributed by atoms with Crippen LogP contribution in [0.3, 0.4) is 0 Å². The second kappa shape index (κ2) is 9.55. The van der Waals surface area contributed by atoms with Crippen LogP contribution < -0.4 is 4.90 Å². The largest absolute Gasteiger partial charge is 0.492 e. The molecule has 0 atom stereocenters. The summed E-state index contributed by atoms with van der Waals surface area (Å²) in [6, 6.07) is 8.32. The molecule has 3 rings (SSSR count). The van der Waals surface area contributed by atoms with Crippen LogP contribution in [0, 0.1) is 5.41 Å². The number of morpholine rings is 1. The summed E-state index contributed by atoms with van der Waals surface area (Å²) in [5.41, 5.74) is 4.28. The number of anilines is 1. The molecule has 6 nitrogen and oxygen atoms in total. The highest BCUT2D eigenvalue weighted by Crippen LogP contribution is 2.24. The number of rotatable bonds is 7. The van der Waals surface area contributed by atoms with Crippen LogP contribution in [0.4, 0.5) is 11.4 Å². The van der Waals surface area contributed by atoms with Crippen molar-refractivity contribution in [3.8, 4) is 0 Å². The zero-order chi connectivity index (χ0) is 19.9. The van der Waals surface area contributed by atoms with Crippen molar-refractivity contribution in [1.82, 2.24) is 4.90 Å². The Hall–Kier alpha value is -2.60. The normalized spacial score (nSPS) is 18.8. The number of nitrogens with one attached hydrogen (secondary N) is 1. The molecule has 1 N–H and O–H groups in total. The van der Waals surface area contributed by atoms with Gasteiger partial charge in [-0.05, 0) is 51.1 Å². The van der Waals surface area contributed by atoms with E-state index in [0.29, 0.717) is 31.3 Å². The summed E-state index contributed by atoms with van der Waals surface area (Å²) < 4.78 is 11.1. The van der Waals surface area contributed by atoms with Gasteiger partial charge in [0.15, 0.2) is 0 Å². The topological polar surface area (TPSA) is 61.1 Å². The number of hydrogen-bond acceptors (Lipinski definition) is 6. The minimum atomic E-state index is 0.388. The molecule has 1 saturated heterocycles. The fourth-order valence-corrected chi connectivity index (χ4v) is 3.45. The molecule has 6 heteroatoms. The third-order valence-corrected chi connectivity index (χ3v) is 4.96. The maximum atomic E-state index is 8.30. The monoisotopic (exact) mass is 382 g/mol. The van der Waals surface area contributed by atoms with E-state index in [0.717, 1.165) is 43.3 Å². The minimum absolute atomic E-state index is 0.388. The van der Waals surface area contributed by atoms with Crippen LogP contribution >= 0.6 is 0 Å². The summed E-state index contributed by atoms with van der Waals surface area (Å²) in [5.74, 6) is 0.568. The zero-order valence-electron chi connectivity index (χ0n) is 17.1. The molecule has 0 amide bonds. The van der Waals surface area contributed by atoms with Crippen molar-refractivity contribution in [2.75, 3.05) is 50.9 Å².